The highest BCUT2D eigenvalue weighted by atomic mass is 19.3. The standard InChI is InChI=1S/C16H18F2N4O2/c1-21-6-2-3-12-13(21)8-22(12)15(23)14-10-5-4-9(24-16(17)18)7-11(10)19-20-14/h4-5,7,12-13,16H,2-3,6,8H2,1H3,(H,19,20)/t12?,13-/m1/s1. The van der Waals surface area contributed by atoms with Crippen molar-refractivity contribution in [3.63, 3.8) is 0 Å². The van der Waals surface area contributed by atoms with Crippen LogP contribution in [0.4, 0.5) is 8.78 Å². The molecule has 4 rings (SSSR count). The number of hydrogen-bond acceptors (Lipinski definition) is 4. The highest BCUT2D eigenvalue weighted by Crippen LogP contribution is 2.33. The Kier molecular flexibility index (Phi) is 3.64. The summed E-state index contributed by atoms with van der Waals surface area (Å²) in [4.78, 5) is 17.0. The van der Waals surface area contributed by atoms with Crippen LogP contribution in [0, 0.1) is 0 Å². The van der Waals surface area contributed by atoms with Gasteiger partial charge in [0.05, 0.1) is 5.52 Å². The number of alkyl halides is 2. The molecule has 0 aliphatic carbocycles. The number of carbonyl (C=O) groups excluding carboxylic acids is 1. The van der Waals surface area contributed by atoms with Gasteiger partial charge in [0.1, 0.15) is 5.75 Å². The predicted molar refractivity (Wildman–Crippen MR) is 83.2 cm³/mol. The monoisotopic (exact) mass is 336 g/mol. The van der Waals surface area contributed by atoms with Crippen molar-refractivity contribution in [3.05, 3.63) is 23.9 Å². The van der Waals surface area contributed by atoms with Crippen LogP contribution in [-0.4, -0.2) is 64.7 Å². The van der Waals surface area contributed by atoms with E-state index in [1.54, 1.807) is 6.07 Å². The van der Waals surface area contributed by atoms with Gasteiger partial charge in [-0.1, -0.05) is 0 Å². The Morgan fingerprint density at radius 3 is 3.04 bits per heavy atom. The number of aromatic amines is 1. The van der Waals surface area contributed by atoms with Crippen LogP contribution in [0.2, 0.25) is 0 Å². The summed E-state index contributed by atoms with van der Waals surface area (Å²) in [6.07, 6.45) is 2.09. The number of likely N-dealkylation sites (tertiary alicyclic amines) is 2. The van der Waals surface area contributed by atoms with Gasteiger partial charge in [-0.05, 0) is 38.6 Å². The van der Waals surface area contributed by atoms with E-state index in [-0.39, 0.29) is 17.7 Å². The highest BCUT2D eigenvalue weighted by Gasteiger charge is 2.46. The zero-order valence-corrected chi connectivity index (χ0v) is 13.2. The van der Waals surface area contributed by atoms with Crippen LogP contribution in [0.3, 0.4) is 0 Å². The lowest BCUT2D eigenvalue weighted by molar-refractivity contribution is -0.0497. The molecule has 2 aliphatic heterocycles. The number of fused-ring (bicyclic) bond motifs is 2. The second-order valence-electron chi connectivity index (χ2n) is 6.37. The third kappa shape index (κ3) is 2.41. The topological polar surface area (TPSA) is 61.5 Å². The molecule has 0 spiro atoms. The number of ether oxygens (including phenoxy) is 1. The summed E-state index contributed by atoms with van der Waals surface area (Å²) in [5.41, 5.74) is 0.842. The van der Waals surface area contributed by atoms with E-state index in [0.717, 1.165) is 19.4 Å². The first-order valence-electron chi connectivity index (χ1n) is 7.99. The molecule has 8 heteroatoms. The average Bonchev–Trinajstić information content (AvgIpc) is 2.92. The molecule has 2 fully saturated rings. The quantitative estimate of drug-likeness (QED) is 0.932. The van der Waals surface area contributed by atoms with Crippen molar-refractivity contribution in [2.75, 3.05) is 20.1 Å². The molecule has 3 heterocycles. The Morgan fingerprint density at radius 1 is 1.42 bits per heavy atom. The molecule has 24 heavy (non-hydrogen) atoms. The fourth-order valence-electron chi connectivity index (χ4n) is 3.73. The Bertz CT molecular complexity index is 779. The van der Waals surface area contributed by atoms with Crippen molar-refractivity contribution in [1.29, 1.82) is 0 Å². The zero-order valence-electron chi connectivity index (χ0n) is 13.2. The lowest BCUT2D eigenvalue weighted by atomic mass is 9.86. The molecule has 2 aliphatic rings. The van der Waals surface area contributed by atoms with Crippen LogP contribution >= 0.6 is 0 Å². The number of amides is 1. The van der Waals surface area contributed by atoms with Gasteiger partial charge in [0.2, 0.25) is 0 Å². The summed E-state index contributed by atoms with van der Waals surface area (Å²) < 4.78 is 29.0. The van der Waals surface area contributed by atoms with Crippen LogP contribution in [0.15, 0.2) is 18.2 Å². The van der Waals surface area contributed by atoms with E-state index in [1.165, 1.54) is 12.1 Å². The maximum Gasteiger partial charge on any atom is 0.387 e. The number of rotatable bonds is 3. The minimum atomic E-state index is -2.88. The van der Waals surface area contributed by atoms with Gasteiger partial charge in [0.25, 0.3) is 5.91 Å². The number of halogens is 2. The van der Waals surface area contributed by atoms with Crippen LogP contribution < -0.4 is 4.74 Å². The normalized spacial score (nSPS) is 24.1. The number of hydrogen-bond donors (Lipinski definition) is 1. The van der Waals surface area contributed by atoms with Gasteiger partial charge in [0, 0.05) is 30.1 Å². The minimum Gasteiger partial charge on any atom is -0.435 e. The van der Waals surface area contributed by atoms with Crippen LogP contribution in [-0.2, 0) is 0 Å². The number of H-pyrrole nitrogens is 1. The number of aromatic nitrogens is 2. The Balaban J connectivity index is 1.57. The molecule has 1 amide bonds. The smallest absolute Gasteiger partial charge is 0.387 e. The molecular weight excluding hydrogens is 318 g/mol. The number of carbonyl (C=O) groups is 1. The SMILES string of the molecule is CN1CCCC2[C@H]1CN2C(=O)c1n[nH]c2cc(OC(F)F)ccc12. The van der Waals surface area contributed by atoms with Gasteiger partial charge in [0.15, 0.2) is 5.69 Å². The third-order valence-corrected chi connectivity index (χ3v) is 5.03. The van der Waals surface area contributed by atoms with E-state index >= 15 is 0 Å². The van der Waals surface area contributed by atoms with Crippen molar-refractivity contribution in [2.45, 2.75) is 31.5 Å². The van der Waals surface area contributed by atoms with E-state index in [1.807, 2.05) is 4.90 Å². The minimum absolute atomic E-state index is 0.0399. The van der Waals surface area contributed by atoms with E-state index in [4.69, 9.17) is 0 Å². The summed E-state index contributed by atoms with van der Waals surface area (Å²) in [5, 5.41) is 7.46. The highest BCUT2D eigenvalue weighted by molar-refractivity contribution is 6.05. The van der Waals surface area contributed by atoms with E-state index in [9.17, 15) is 13.6 Å². The van der Waals surface area contributed by atoms with Gasteiger partial charge < -0.3 is 9.64 Å². The van der Waals surface area contributed by atoms with Crippen molar-refractivity contribution in [1.82, 2.24) is 20.0 Å². The van der Waals surface area contributed by atoms with Crippen molar-refractivity contribution in [3.8, 4) is 5.75 Å². The van der Waals surface area contributed by atoms with Crippen molar-refractivity contribution >= 4 is 16.8 Å². The fourth-order valence-corrected chi connectivity index (χ4v) is 3.73. The first-order valence-corrected chi connectivity index (χ1v) is 7.99. The average molecular weight is 336 g/mol. The molecule has 6 nitrogen and oxygen atoms in total. The molecule has 0 saturated carbocycles. The summed E-state index contributed by atoms with van der Waals surface area (Å²) >= 11 is 0. The first-order chi connectivity index (χ1) is 11.5. The first kappa shape index (κ1) is 15.3. The number of nitrogens with zero attached hydrogens (tertiary/aromatic N) is 3. The second kappa shape index (κ2) is 5.70. The molecule has 2 saturated heterocycles. The molecule has 1 aromatic carbocycles. The predicted octanol–water partition coefficient (Wildman–Crippen LogP) is 2.08. The van der Waals surface area contributed by atoms with Gasteiger partial charge in [-0.3, -0.25) is 14.8 Å². The van der Waals surface area contributed by atoms with Crippen molar-refractivity contribution in [2.24, 2.45) is 0 Å². The number of benzene rings is 1. The van der Waals surface area contributed by atoms with Gasteiger partial charge in [-0.25, -0.2) is 0 Å². The molecule has 128 valence electrons. The maximum absolute atomic E-state index is 12.8. The lowest BCUT2D eigenvalue weighted by Gasteiger charge is -2.54. The van der Waals surface area contributed by atoms with Crippen LogP contribution in [0.5, 0.6) is 5.75 Å². The Morgan fingerprint density at radius 2 is 2.25 bits per heavy atom. The van der Waals surface area contributed by atoms with Crippen LogP contribution in [0.1, 0.15) is 23.3 Å². The summed E-state index contributed by atoms with van der Waals surface area (Å²) in [6, 6.07) is 5.11. The van der Waals surface area contributed by atoms with Gasteiger partial charge in [-0.2, -0.15) is 13.9 Å². The Labute approximate surface area is 137 Å². The summed E-state index contributed by atoms with van der Waals surface area (Å²) in [7, 11) is 2.09. The fraction of sp³-hybridized carbons (Fsp3) is 0.500. The molecule has 1 N–H and O–H groups in total. The third-order valence-electron chi connectivity index (χ3n) is 5.03. The zero-order chi connectivity index (χ0) is 16.8. The summed E-state index contributed by atoms with van der Waals surface area (Å²) in [6.45, 7) is -1.10. The maximum atomic E-state index is 12.8. The molecule has 1 unspecified atom stereocenters. The second-order valence-corrected chi connectivity index (χ2v) is 6.37. The molecule has 2 atom stereocenters. The van der Waals surface area contributed by atoms with E-state index in [0.29, 0.717) is 29.2 Å². The van der Waals surface area contributed by atoms with Gasteiger partial charge >= 0.3 is 6.61 Å². The largest absolute Gasteiger partial charge is 0.435 e. The van der Waals surface area contributed by atoms with Gasteiger partial charge in [-0.15, -0.1) is 0 Å². The lowest BCUT2D eigenvalue weighted by Crippen LogP contribution is -2.69. The molecule has 2 aromatic rings. The van der Waals surface area contributed by atoms with Crippen molar-refractivity contribution < 1.29 is 18.3 Å². The van der Waals surface area contributed by atoms with E-state index < -0.39 is 6.61 Å². The number of likely N-dealkylation sites (N-methyl/N-ethyl adjacent to an activating group) is 1. The number of nitrogens with one attached hydrogen (secondary N) is 1. The molecule has 1 aromatic heterocycles. The molecular formula is C16H18F2N4O2. The number of piperidine rings is 1. The Hall–Kier alpha value is -2.22. The molecule has 0 bridgehead atoms. The molecule has 0 radical (unpaired) electrons. The summed E-state index contributed by atoms with van der Waals surface area (Å²) in [5.74, 6) is -0.0709. The van der Waals surface area contributed by atoms with Crippen LogP contribution in [0.25, 0.3) is 10.9 Å². The van der Waals surface area contributed by atoms with E-state index in [2.05, 4.69) is 26.9 Å².